The Balaban J connectivity index is 0.00000225. The van der Waals surface area contributed by atoms with Crippen LogP contribution in [0.15, 0.2) is 42.9 Å². The lowest BCUT2D eigenvalue weighted by molar-refractivity contribution is -0.705. The zero-order valence-corrected chi connectivity index (χ0v) is 17.3. The quantitative estimate of drug-likeness (QED) is 0.469. The Labute approximate surface area is 173 Å². The highest BCUT2D eigenvalue weighted by molar-refractivity contribution is 6.10. The van der Waals surface area contributed by atoms with E-state index in [0.717, 1.165) is 11.5 Å². The minimum Gasteiger partial charge on any atom is -1.00 e. The standard InChI is InChI=1S/C20H21N4O3.BrH/c1-13-23(9-10-27-2)17-18(24(13)12-14-11-21-7-8-22-14)20(26)16-6-4-3-5-15(16)19(17)25;/h3-8,11,20,26H,9-10,12H2,1-2H3;1H/q+1;/p-1. The number of halogens is 1. The Hall–Kier alpha value is -2.42. The summed E-state index contributed by atoms with van der Waals surface area (Å²) >= 11 is 0. The van der Waals surface area contributed by atoms with Crippen molar-refractivity contribution in [3.8, 4) is 0 Å². The highest BCUT2D eigenvalue weighted by atomic mass is 79.9. The molecule has 0 fully saturated rings. The molecule has 1 atom stereocenters. The van der Waals surface area contributed by atoms with Crippen LogP contribution >= 0.6 is 0 Å². The molecule has 0 spiro atoms. The van der Waals surface area contributed by atoms with Crippen molar-refractivity contribution in [2.75, 3.05) is 13.7 Å². The molecule has 0 radical (unpaired) electrons. The Morgan fingerprint density at radius 1 is 1.29 bits per heavy atom. The summed E-state index contributed by atoms with van der Waals surface area (Å²) in [6, 6.07) is 7.22. The van der Waals surface area contributed by atoms with Gasteiger partial charge in [0.1, 0.15) is 24.9 Å². The van der Waals surface area contributed by atoms with Crippen LogP contribution in [0.25, 0.3) is 0 Å². The van der Waals surface area contributed by atoms with Crippen molar-refractivity contribution in [2.24, 2.45) is 0 Å². The molecule has 28 heavy (non-hydrogen) atoms. The number of carbonyl (C=O) groups is 1. The molecule has 7 nitrogen and oxygen atoms in total. The molecule has 0 saturated heterocycles. The molecule has 1 N–H and O–H groups in total. The first-order valence-corrected chi connectivity index (χ1v) is 8.81. The van der Waals surface area contributed by atoms with E-state index in [1.54, 1.807) is 37.8 Å². The van der Waals surface area contributed by atoms with Gasteiger partial charge in [0.2, 0.25) is 11.5 Å². The third kappa shape index (κ3) is 3.28. The lowest BCUT2D eigenvalue weighted by Gasteiger charge is -2.19. The number of benzene rings is 1. The summed E-state index contributed by atoms with van der Waals surface area (Å²) in [6.07, 6.45) is 4.06. The maximum atomic E-state index is 13.2. The minimum atomic E-state index is -0.881. The average molecular weight is 445 g/mol. The topological polar surface area (TPSA) is 81.1 Å². The van der Waals surface area contributed by atoms with Gasteiger partial charge < -0.3 is 26.8 Å². The normalized spacial score (nSPS) is 15.0. The third-order valence-electron chi connectivity index (χ3n) is 5.01. The molecule has 1 unspecified atom stereocenters. The molecule has 0 aliphatic heterocycles. The molecule has 1 aliphatic carbocycles. The predicted molar refractivity (Wildman–Crippen MR) is 96.3 cm³/mol. The second kappa shape index (κ2) is 8.30. The molecule has 0 amide bonds. The smallest absolute Gasteiger partial charge is 0.254 e. The molecule has 1 aliphatic rings. The first kappa shape index (κ1) is 20.3. The van der Waals surface area contributed by atoms with Gasteiger partial charge in [-0.3, -0.25) is 14.8 Å². The van der Waals surface area contributed by atoms with Gasteiger partial charge in [0.05, 0.1) is 12.8 Å². The van der Waals surface area contributed by atoms with Crippen LogP contribution in [0, 0.1) is 6.92 Å². The van der Waals surface area contributed by atoms with Gasteiger partial charge >= 0.3 is 0 Å². The summed E-state index contributed by atoms with van der Waals surface area (Å²) in [5.41, 5.74) is 3.04. The number of aliphatic hydroxyl groups is 1. The van der Waals surface area contributed by atoms with Crippen LogP contribution in [0.1, 0.15) is 44.9 Å². The van der Waals surface area contributed by atoms with Crippen LogP contribution in [-0.2, 0) is 17.8 Å². The van der Waals surface area contributed by atoms with E-state index < -0.39 is 6.10 Å². The Kier molecular flexibility index (Phi) is 6.02. The molecule has 146 valence electrons. The van der Waals surface area contributed by atoms with Gasteiger partial charge in [0.15, 0.2) is 5.69 Å². The second-order valence-electron chi connectivity index (χ2n) is 6.53. The van der Waals surface area contributed by atoms with Gasteiger partial charge in [-0.2, -0.15) is 0 Å². The molecule has 3 aromatic rings. The number of hydrogen-bond donors (Lipinski definition) is 1. The Morgan fingerprint density at radius 2 is 2.07 bits per heavy atom. The molecule has 8 heteroatoms. The number of ether oxygens (including phenoxy) is 1. The maximum absolute atomic E-state index is 13.2. The first-order valence-electron chi connectivity index (χ1n) is 8.81. The summed E-state index contributed by atoms with van der Waals surface area (Å²) in [5, 5.41) is 11.1. The lowest BCUT2D eigenvalue weighted by Crippen LogP contribution is -3.00. The van der Waals surface area contributed by atoms with Crippen molar-refractivity contribution in [3.05, 3.63) is 76.9 Å². The van der Waals surface area contributed by atoms with Crippen molar-refractivity contribution in [1.29, 1.82) is 0 Å². The number of aromatic nitrogens is 4. The number of methoxy groups -OCH3 is 1. The molecule has 2 heterocycles. The van der Waals surface area contributed by atoms with Crippen LogP contribution in [0.5, 0.6) is 0 Å². The fourth-order valence-electron chi connectivity index (χ4n) is 3.71. The van der Waals surface area contributed by atoms with Crippen LogP contribution < -0.4 is 21.5 Å². The summed E-state index contributed by atoms with van der Waals surface area (Å²) in [6.45, 7) is 3.36. The largest absolute Gasteiger partial charge is 1.00 e. The van der Waals surface area contributed by atoms with E-state index in [1.807, 2.05) is 28.2 Å². The summed E-state index contributed by atoms with van der Waals surface area (Å²) in [5.74, 6) is 0.783. The monoisotopic (exact) mass is 444 g/mol. The van der Waals surface area contributed by atoms with Gasteiger partial charge in [0, 0.05) is 37.6 Å². The summed E-state index contributed by atoms with van der Waals surface area (Å²) < 4.78 is 9.10. The van der Waals surface area contributed by atoms with Crippen molar-refractivity contribution in [3.63, 3.8) is 0 Å². The van der Waals surface area contributed by atoms with E-state index in [0.29, 0.717) is 42.2 Å². The second-order valence-corrected chi connectivity index (χ2v) is 6.53. The highest BCUT2D eigenvalue weighted by Crippen LogP contribution is 2.34. The highest BCUT2D eigenvalue weighted by Gasteiger charge is 2.42. The summed E-state index contributed by atoms with van der Waals surface area (Å²) in [4.78, 5) is 21.7. The van der Waals surface area contributed by atoms with E-state index in [-0.39, 0.29) is 22.8 Å². The van der Waals surface area contributed by atoms with Crippen molar-refractivity contribution >= 4 is 5.78 Å². The van der Waals surface area contributed by atoms with E-state index in [9.17, 15) is 9.90 Å². The minimum absolute atomic E-state index is 0. The van der Waals surface area contributed by atoms with E-state index in [1.165, 1.54) is 0 Å². The Morgan fingerprint density at radius 3 is 2.79 bits per heavy atom. The average Bonchev–Trinajstić information content (AvgIpc) is 2.97. The summed E-state index contributed by atoms with van der Waals surface area (Å²) in [7, 11) is 1.63. The van der Waals surface area contributed by atoms with Crippen molar-refractivity contribution < 1.29 is 36.2 Å². The molecular formula is C20H21BrN4O3. The number of ketones is 1. The van der Waals surface area contributed by atoms with Gasteiger partial charge in [-0.25, -0.2) is 9.13 Å². The molecule has 0 saturated carbocycles. The molecule has 2 aromatic heterocycles. The zero-order chi connectivity index (χ0) is 19.0. The van der Waals surface area contributed by atoms with Gasteiger partial charge in [-0.05, 0) is 0 Å². The van der Waals surface area contributed by atoms with Crippen molar-refractivity contribution in [2.45, 2.75) is 26.1 Å². The number of hydrogen-bond acceptors (Lipinski definition) is 5. The van der Waals surface area contributed by atoms with Crippen LogP contribution in [-0.4, -0.2) is 39.1 Å². The number of rotatable bonds is 5. The van der Waals surface area contributed by atoms with Gasteiger partial charge in [-0.15, -0.1) is 0 Å². The van der Waals surface area contributed by atoms with E-state index in [2.05, 4.69) is 9.97 Å². The lowest BCUT2D eigenvalue weighted by atomic mass is 9.88. The molecule has 4 rings (SSSR count). The molecule has 1 aromatic carbocycles. The van der Waals surface area contributed by atoms with E-state index in [4.69, 9.17) is 4.74 Å². The fourth-order valence-corrected chi connectivity index (χ4v) is 3.71. The SMILES string of the molecule is COCC[n+]1c2c(n(Cc3cnccn3)c1C)C(O)c1ccccc1C2=O.[Br-]. The van der Waals surface area contributed by atoms with Gasteiger partial charge in [0.25, 0.3) is 5.82 Å². The first-order chi connectivity index (χ1) is 13.1. The number of carbonyl (C=O) groups excluding carboxylic acids is 1. The van der Waals surface area contributed by atoms with Crippen molar-refractivity contribution in [1.82, 2.24) is 14.5 Å². The number of aliphatic hydroxyl groups excluding tert-OH is 1. The zero-order valence-electron chi connectivity index (χ0n) is 15.7. The molecule has 0 bridgehead atoms. The Bertz CT molecular complexity index is 1000. The third-order valence-corrected chi connectivity index (χ3v) is 5.01. The number of imidazole rings is 1. The van der Waals surface area contributed by atoms with E-state index >= 15 is 0 Å². The van der Waals surface area contributed by atoms with Crippen LogP contribution in [0.3, 0.4) is 0 Å². The number of fused-ring (bicyclic) bond motifs is 2. The number of nitrogens with zero attached hydrogens (tertiary/aromatic N) is 4. The van der Waals surface area contributed by atoms with Crippen LogP contribution in [0.2, 0.25) is 0 Å². The fraction of sp³-hybridized carbons (Fsp3) is 0.300. The predicted octanol–water partition coefficient (Wildman–Crippen LogP) is -1.80. The van der Waals surface area contributed by atoms with Crippen LogP contribution in [0.4, 0.5) is 0 Å². The van der Waals surface area contributed by atoms with Gasteiger partial charge in [-0.1, -0.05) is 24.3 Å². The maximum Gasteiger partial charge on any atom is 0.254 e. The molecular weight excluding hydrogens is 424 g/mol.